The first-order valence-electron chi connectivity index (χ1n) is 3.61. The van der Waals surface area contributed by atoms with Crippen molar-refractivity contribution >= 4 is 11.7 Å². The molecule has 0 aromatic heterocycles. The molecule has 0 bridgehead atoms. The van der Waals surface area contributed by atoms with Crippen molar-refractivity contribution in [2.45, 2.75) is 37.9 Å². The van der Waals surface area contributed by atoms with Crippen LogP contribution in [0, 0.1) is 5.92 Å². The highest BCUT2D eigenvalue weighted by molar-refractivity contribution is 7.66. The van der Waals surface area contributed by atoms with Crippen molar-refractivity contribution in [1.29, 1.82) is 0 Å². The maximum atomic E-state index is 10.3. The number of rotatable bonds is 1. The van der Waals surface area contributed by atoms with Crippen molar-refractivity contribution in [3.8, 4) is 0 Å². The minimum absolute atomic E-state index is 0.425. The van der Waals surface area contributed by atoms with Gasteiger partial charge >= 0.3 is 11.7 Å². The molecule has 0 aliphatic heterocycles. The van der Waals surface area contributed by atoms with E-state index in [0.29, 0.717) is 5.25 Å². The minimum Gasteiger partial charge on any atom is -0.0623 e. The Kier molecular flexibility index (Phi) is 2.58. The van der Waals surface area contributed by atoms with Gasteiger partial charge in [0.25, 0.3) is 0 Å². The van der Waals surface area contributed by atoms with Crippen LogP contribution in [0.3, 0.4) is 0 Å². The molecule has 0 saturated heterocycles. The third-order valence-corrected chi connectivity index (χ3v) is 2.72. The predicted molar refractivity (Wildman–Crippen MR) is 39.5 cm³/mol. The van der Waals surface area contributed by atoms with E-state index < -0.39 is 0 Å². The third-order valence-electron chi connectivity index (χ3n) is 2.02. The van der Waals surface area contributed by atoms with E-state index in [-0.39, 0.29) is 0 Å². The molecule has 9 heavy (non-hydrogen) atoms. The summed E-state index contributed by atoms with van der Waals surface area (Å²) in [6.07, 6.45) is 4.89. The van der Waals surface area contributed by atoms with Gasteiger partial charge in [-0.3, -0.25) is 0 Å². The van der Waals surface area contributed by atoms with E-state index in [2.05, 4.69) is 6.92 Å². The van der Waals surface area contributed by atoms with Crippen LogP contribution in [0.1, 0.15) is 32.6 Å². The molecule has 1 saturated carbocycles. The summed E-state index contributed by atoms with van der Waals surface area (Å²) in [5.74, 6) is 0.796. The van der Waals surface area contributed by atoms with Crippen molar-refractivity contribution in [2.75, 3.05) is 0 Å². The summed E-state index contributed by atoms with van der Waals surface area (Å²) in [5.41, 5.74) is 0. The molecule has 0 aromatic carbocycles. The van der Waals surface area contributed by atoms with E-state index in [9.17, 15) is 4.21 Å². The summed E-state index contributed by atoms with van der Waals surface area (Å²) < 4.78 is 10.3. The molecule has 1 fully saturated rings. The fourth-order valence-electron chi connectivity index (χ4n) is 1.47. The van der Waals surface area contributed by atoms with Crippen molar-refractivity contribution in [3.05, 3.63) is 0 Å². The Hall–Kier alpha value is 0.0200. The Morgan fingerprint density at radius 3 is 2.67 bits per heavy atom. The second-order valence-electron chi connectivity index (χ2n) is 2.99. The summed E-state index contributed by atoms with van der Waals surface area (Å²) >= 11 is 0.799. The lowest BCUT2D eigenvalue weighted by Crippen LogP contribution is -2.16. The van der Waals surface area contributed by atoms with E-state index in [0.717, 1.165) is 30.4 Å². The van der Waals surface area contributed by atoms with Crippen LogP contribution in [0.15, 0.2) is 0 Å². The first-order chi connectivity index (χ1) is 4.33. The van der Waals surface area contributed by atoms with Crippen molar-refractivity contribution in [3.63, 3.8) is 0 Å². The van der Waals surface area contributed by atoms with Crippen LogP contribution >= 0.6 is 0 Å². The highest BCUT2D eigenvalue weighted by Gasteiger charge is 2.27. The lowest BCUT2D eigenvalue weighted by Gasteiger charge is -2.15. The average molecular weight is 145 g/mol. The number of hydrogen-bond donors (Lipinski definition) is 0. The molecule has 1 nitrogen and oxygen atoms in total. The minimum atomic E-state index is 0.425. The molecule has 2 atom stereocenters. The molecular weight excluding hydrogens is 132 g/mol. The van der Waals surface area contributed by atoms with E-state index in [1.807, 2.05) is 0 Å². The normalized spacial score (nSPS) is 36.1. The van der Waals surface area contributed by atoms with Crippen LogP contribution in [0.5, 0.6) is 0 Å². The van der Waals surface area contributed by atoms with Crippen LogP contribution in [0.2, 0.25) is 0 Å². The zero-order valence-electron chi connectivity index (χ0n) is 5.80. The van der Waals surface area contributed by atoms with Gasteiger partial charge < -0.3 is 0 Å². The monoisotopic (exact) mass is 145 g/mol. The first kappa shape index (κ1) is 7.13. The molecule has 1 rings (SSSR count). The van der Waals surface area contributed by atoms with Crippen molar-refractivity contribution in [1.82, 2.24) is 0 Å². The molecule has 1 aliphatic carbocycles. The molecule has 0 N–H and O–H groups in total. The van der Waals surface area contributed by atoms with E-state index in [1.54, 1.807) is 0 Å². The maximum absolute atomic E-state index is 10.3. The standard InChI is InChI=1S/C7H13OS/c1-6-3-2-4-7(5-6)9-8/h6-7H,2-5H2,1H3/q+1. The van der Waals surface area contributed by atoms with Gasteiger partial charge in [0.05, 0.1) is 0 Å². The predicted octanol–water partition coefficient (Wildman–Crippen LogP) is 1.99. The Balaban J connectivity index is 2.31. The lowest BCUT2D eigenvalue weighted by atomic mass is 9.91. The summed E-state index contributed by atoms with van der Waals surface area (Å²) in [6, 6.07) is 0. The molecular formula is C7H13OS+. The van der Waals surface area contributed by atoms with Crippen molar-refractivity contribution in [2.24, 2.45) is 5.92 Å². The molecule has 0 radical (unpaired) electrons. The van der Waals surface area contributed by atoms with Crippen LogP contribution < -0.4 is 0 Å². The Labute approximate surface area is 60.3 Å². The van der Waals surface area contributed by atoms with Gasteiger partial charge in [0.2, 0.25) is 5.25 Å². The fraction of sp³-hybridized carbons (Fsp3) is 1.00. The summed E-state index contributed by atoms with van der Waals surface area (Å²) in [4.78, 5) is 0. The van der Waals surface area contributed by atoms with E-state index in [1.165, 1.54) is 12.8 Å². The first-order valence-corrected chi connectivity index (χ1v) is 4.42. The molecule has 0 heterocycles. The SMILES string of the molecule is CC1CCCC([S+]=O)C1. The van der Waals surface area contributed by atoms with Gasteiger partial charge in [0.1, 0.15) is 0 Å². The average Bonchev–Trinajstić information content (AvgIpc) is 1.88. The summed E-state index contributed by atoms with van der Waals surface area (Å²) in [5, 5.41) is 0.425. The highest BCUT2D eigenvalue weighted by atomic mass is 32.1. The highest BCUT2D eigenvalue weighted by Crippen LogP contribution is 2.24. The van der Waals surface area contributed by atoms with Gasteiger partial charge in [-0.2, -0.15) is 0 Å². The quantitative estimate of drug-likeness (QED) is 0.516. The Morgan fingerprint density at radius 2 is 2.22 bits per heavy atom. The molecule has 1 aliphatic rings. The largest absolute Gasteiger partial charge is 0.462 e. The topological polar surface area (TPSA) is 17.1 Å². The Morgan fingerprint density at radius 1 is 1.44 bits per heavy atom. The van der Waals surface area contributed by atoms with Crippen LogP contribution in [-0.2, 0) is 15.9 Å². The van der Waals surface area contributed by atoms with Gasteiger partial charge in [0.15, 0.2) is 0 Å². The van der Waals surface area contributed by atoms with Gasteiger partial charge in [-0.1, -0.05) is 13.3 Å². The van der Waals surface area contributed by atoms with Crippen molar-refractivity contribution < 1.29 is 4.21 Å². The zero-order chi connectivity index (χ0) is 6.69. The van der Waals surface area contributed by atoms with Gasteiger partial charge in [-0.25, -0.2) is 0 Å². The fourth-order valence-corrected chi connectivity index (χ4v) is 2.14. The van der Waals surface area contributed by atoms with Gasteiger partial charge in [-0.05, 0) is 12.3 Å². The maximum Gasteiger partial charge on any atom is 0.462 e. The van der Waals surface area contributed by atoms with E-state index in [4.69, 9.17) is 0 Å². The molecule has 52 valence electrons. The van der Waals surface area contributed by atoms with Gasteiger partial charge in [-0.15, -0.1) is 0 Å². The Bertz CT molecular complexity index is 103. The molecule has 0 amide bonds. The number of hydrogen-bond acceptors (Lipinski definition) is 1. The van der Waals surface area contributed by atoms with Crippen LogP contribution in [-0.4, -0.2) is 5.25 Å². The van der Waals surface area contributed by atoms with Crippen LogP contribution in [0.25, 0.3) is 0 Å². The molecule has 0 spiro atoms. The second kappa shape index (κ2) is 3.25. The van der Waals surface area contributed by atoms with Gasteiger partial charge in [0, 0.05) is 17.1 Å². The molecule has 0 aromatic rings. The zero-order valence-corrected chi connectivity index (χ0v) is 6.62. The summed E-state index contributed by atoms with van der Waals surface area (Å²) in [6.45, 7) is 2.24. The molecule has 2 unspecified atom stereocenters. The third kappa shape index (κ3) is 2.01. The smallest absolute Gasteiger partial charge is 0.0623 e. The second-order valence-corrected chi connectivity index (χ2v) is 3.85. The van der Waals surface area contributed by atoms with E-state index >= 15 is 0 Å². The summed E-state index contributed by atoms with van der Waals surface area (Å²) in [7, 11) is 0. The molecule has 2 heteroatoms. The lowest BCUT2D eigenvalue weighted by molar-refractivity contribution is 0.390. The van der Waals surface area contributed by atoms with Crippen LogP contribution in [0.4, 0.5) is 0 Å².